The molecule has 1 unspecified atom stereocenters. The highest BCUT2D eigenvalue weighted by molar-refractivity contribution is 7.90. The van der Waals surface area contributed by atoms with E-state index >= 15 is 0 Å². The first-order chi connectivity index (χ1) is 18.3. The second-order valence-electron chi connectivity index (χ2n) is 10.5. The van der Waals surface area contributed by atoms with E-state index in [0.29, 0.717) is 24.4 Å². The van der Waals surface area contributed by atoms with Gasteiger partial charge in [-0.15, -0.1) is 0 Å². The number of nitrogens with one attached hydrogen (secondary N) is 1. The van der Waals surface area contributed by atoms with Crippen molar-refractivity contribution in [2.24, 2.45) is 15.9 Å². The first kappa shape index (κ1) is 26.5. The van der Waals surface area contributed by atoms with E-state index < -0.39 is 9.84 Å². The number of piperidine rings is 2. The van der Waals surface area contributed by atoms with Crippen LogP contribution in [0.1, 0.15) is 56.1 Å². The molecule has 0 saturated carbocycles. The molecule has 1 atom stereocenters. The van der Waals surface area contributed by atoms with Crippen LogP contribution < -0.4 is 5.32 Å². The Kier molecular flexibility index (Phi) is 7.91. The number of amidine groups is 2. The van der Waals surface area contributed by atoms with Gasteiger partial charge in [0.25, 0.3) is 0 Å². The molecule has 3 aliphatic rings. The summed E-state index contributed by atoms with van der Waals surface area (Å²) in [5.41, 5.74) is 3.81. The molecule has 7 nitrogen and oxygen atoms in total. The average molecular weight is 533 g/mol. The van der Waals surface area contributed by atoms with E-state index in [0.717, 1.165) is 61.7 Å². The van der Waals surface area contributed by atoms with Gasteiger partial charge in [0.15, 0.2) is 15.6 Å². The quantitative estimate of drug-likeness (QED) is 0.576. The van der Waals surface area contributed by atoms with Gasteiger partial charge in [-0.2, -0.15) is 0 Å². The number of fused-ring (bicyclic) bond motifs is 1. The van der Waals surface area contributed by atoms with Crippen molar-refractivity contribution in [2.45, 2.75) is 56.4 Å². The fourth-order valence-electron chi connectivity index (χ4n) is 5.64. The van der Waals surface area contributed by atoms with E-state index in [1.54, 1.807) is 12.1 Å². The molecule has 0 bridgehead atoms. The molecular formula is C30H36N4O3S. The lowest BCUT2D eigenvalue weighted by molar-refractivity contribution is -0.119. The summed E-state index contributed by atoms with van der Waals surface area (Å²) in [5, 5.41) is 3.43. The van der Waals surface area contributed by atoms with Gasteiger partial charge in [0.2, 0.25) is 0 Å². The fraction of sp³-hybridized carbons (Fsp3) is 0.433. The largest absolute Gasteiger partial charge is 0.345 e. The first-order valence-corrected chi connectivity index (χ1v) is 15.4. The second-order valence-corrected chi connectivity index (χ2v) is 12.5. The standard InChI is InChI=1S/C30H36N4O3S/c1-3-21-8-9-24-18-27(35)20-34(19-25-6-4-5-7-28(25)38(2,36)37)30(24)33-29(21)32-26-12-10-22(11-13-26)23-14-16-31-17-15-23/h4-7,9-13,21,23,31H,3,8,14-20H2,1-2H3. The minimum Gasteiger partial charge on any atom is -0.345 e. The zero-order valence-corrected chi connectivity index (χ0v) is 23.0. The molecular weight excluding hydrogens is 496 g/mol. The highest BCUT2D eigenvalue weighted by Crippen LogP contribution is 2.30. The molecule has 2 aromatic rings. The van der Waals surface area contributed by atoms with Crippen molar-refractivity contribution in [3.05, 3.63) is 71.3 Å². The van der Waals surface area contributed by atoms with Gasteiger partial charge in [0.05, 0.1) is 17.1 Å². The third kappa shape index (κ3) is 5.97. The highest BCUT2D eigenvalue weighted by Gasteiger charge is 2.31. The Morgan fingerprint density at radius 2 is 1.82 bits per heavy atom. The molecule has 2 saturated heterocycles. The Balaban J connectivity index is 1.48. The summed E-state index contributed by atoms with van der Waals surface area (Å²) in [5.74, 6) is 2.33. The zero-order chi connectivity index (χ0) is 26.7. The van der Waals surface area contributed by atoms with E-state index in [-0.39, 0.29) is 23.1 Å². The number of aliphatic imine (C=N–C) groups is 2. The third-order valence-corrected chi connectivity index (χ3v) is 8.95. The predicted octanol–water partition coefficient (Wildman–Crippen LogP) is 4.82. The molecule has 8 heteroatoms. The number of carbonyl (C=O) groups is 1. The van der Waals surface area contributed by atoms with Crippen molar-refractivity contribution in [1.29, 1.82) is 0 Å². The molecule has 5 rings (SSSR count). The van der Waals surface area contributed by atoms with E-state index in [4.69, 9.17) is 9.98 Å². The van der Waals surface area contributed by atoms with Crippen LogP contribution in [0.2, 0.25) is 0 Å². The van der Waals surface area contributed by atoms with Gasteiger partial charge in [-0.05, 0) is 79.6 Å². The van der Waals surface area contributed by atoms with Crippen LogP contribution in [-0.4, -0.2) is 56.7 Å². The molecule has 3 aliphatic heterocycles. The molecule has 2 aromatic carbocycles. The predicted molar refractivity (Wildman–Crippen MR) is 152 cm³/mol. The van der Waals surface area contributed by atoms with Gasteiger partial charge in [0, 0.05) is 25.1 Å². The van der Waals surface area contributed by atoms with Crippen molar-refractivity contribution in [3.63, 3.8) is 0 Å². The number of Topliss-reactive ketones (excluding diaryl/α,β-unsaturated/α-hetero) is 1. The Labute approximate surface area is 225 Å². The molecule has 2 fully saturated rings. The number of rotatable bonds is 6. The summed E-state index contributed by atoms with van der Waals surface area (Å²) < 4.78 is 24.8. The third-order valence-electron chi connectivity index (χ3n) is 7.75. The minimum atomic E-state index is -3.40. The van der Waals surface area contributed by atoms with E-state index in [1.165, 1.54) is 11.8 Å². The Hall–Kier alpha value is -3.10. The fourth-order valence-corrected chi connectivity index (χ4v) is 6.58. The summed E-state index contributed by atoms with van der Waals surface area (Å²) >= 11 is 0. The SMILES string of the molecule is CCC1CC=C2CC(=O)CN(Cc3ccccc3S(C)(=O)=O)C2=NC1=Nc1ccc(C2CCNCC2)cc1. The number of benzene rings is 2. The number of carbonyl (C=O) groups excluding carboxylic acids is 1. The number of allylic oxidation sites excluding steroid dienone is 1. The van der Waals surface area contributed by atoms with Crippen molar-refractivity contribution < 1.29 is 13.2 Å². The summed E-state index contributed by atoms with van der Waals surface area (Å²) in [6.45, 7) is 4.75. The molecule has 3 heterocycles. The van der Waals surface area contributed by atoms with Crippen LogP contribution >= 0.6 is 0 Å². The lowest BCUT2D eigenvalue weighted by Gasteiger charge is -2.31. The number of sulfone groups is 1. The average Bonchev–Trinajstić information content (AvgIpc) is 3.08. The van der Waals surface area contributed by atoms with Crippen LogP contribution in [0.3, 0.4) is 0 Å². The van der Waals surface area contributed by atoms with Gasteiger partial charge in [-0.1, -0.05) is 43.3 Å². The smallest absolute Gasteiger partial charge is 0.175 e. The minimum absolute atomic E-state index is 0.106. The van der Waals surface area contributed by atoms with Gasteiger partial charge >= 0.3 is 0 Å². The van der Waals surface area contributed by atoms with Crippen LogP contribution in [0, 0.1) is 5.92 Å². The Morgan fingerprint density at radius 3 is 2.53 bits per heavy atom. The summed E-state index contributed by atoms with van der Waals surface area (Å²) in [6, 6.07) is 15.5. The van der Waals surface area contributed by atoms with E-state index in [2.05, 4.69) is 42.6 Å². The molecule has 200 valence electrons. The van der Waals surface area contributed by atoms with E-state index in [9.17, 15) is 13.2 Å². The maximum Gasteiger partial charge on any atom is 0.175 e. The van der Waals surface area contributed by atoms with Crippen LogP contribution in [-0.2, 0) is 21.2 Å². The molecule has 0 aliphatic carbocycles. The second kappa shape index (κ2) is 11.3. The van der Waals surface area contributed by atoms with E-state index in [1.807, 2.05) is 17.0 Å². The Bertz CT molecular complexity index is 1390. The van der Waals surface area contributed by atoms with Crippen molar-refractivity contribution in [1.82, 2.24) is 10.2 Å². The number of hydrogen-bond acceptors (Lipinski definition) is 6. The molecule has 38 heavy (non-hydrogen) atoms. The van der Waals surface area contributed by atoms with Crippen LogP contribution in [0.4, 0.5) is 5.69 Å². The molecule has 1 N–H and O–H groups in total. The lowest BCUT2D eigenvalue weighted by atomic mass is 9.90. The summed E-state index contributed by atoms with van der Waals surface area (Å²) in [4.78, 5) is 25.0. The zero-order valence-electron chi connectivity index (χ0n) is 22.2. The first-order valence-electron chi connectivity index (χ1n) is 13.5. The summed E-state index contributed by atoms with van der Waals surface area (Å²) in [6.07, 6.45) is 7.66. The lowest BCUT2D eigenvalue weighted by Crippen LogP contribution is -2.42. The molecule has 0 aromatic heterocycles. The summed E-state index contributed by atoms with van der Waals surface area (Å²) in [7, 11) is -3.40. The number of hydrogen-bond donors (Lipinski definition) is 1. The number of nitrogens with zero attached hydrogens (tertiary/aromatic N) is 3. The van der Waals surface area contributed by atoms with Crippen LogP contribution in [0.5, 0.6) is 0 Å². The van der Waals surface area contributed by atoms with Gasteiger partial charge in [0.1, 0.15) is 11.7 Å². The number of ketones is 1. The van der Waals surface area contributed by atoms with Crippen molar-refractivity contribution in [2.75, 3.05) is 25.9 Å². The van der Waals surface area contributed by atoms with Crippen molar-refractivity contribution in [3.8, 4) is 0 Å². The maximum absolute atomic E-state index is 12.7. The monoisotopic (exact) mass is 532 g/mol. The van der Waals surface area contributed by atoms with Crippen molar-refractivity contribution >= 4 is 33.0 Å². The van der Waals surface area contributed by atoms with Crippen LogP contribution in [0.15, 0.2) is 75.1 Å². The topological polar surface area (TPSA) is 91.2 Å². The van der Waals surface area contributed by atoms with Gasteiger partial charge < -0.3 is 10.2 Å². The number of likely N-dealkylation sites (tertiary alicyclic amines) is 1. The Morgan fingerprint density at radius 1 is 1.08 bits per heavy atom. The normalized spacial score (nSPS) is 22.1. The molecule has 0 amide bonds. The molecule has 0 spiro atoms. The highest BCUT2D eigenvalue weighted by atomic mass is 32.2. The molecule has 0 radical (unpaired) electrons. The van der Waals surface area contributed by atoms with Crippen LogP contribution in [0.25, 0.3) is 0 Å². The van der Waals surface area contributed by atoms with Gasteiger partial charge in [-0.3, -0.25) is 4.79 Å². The van der Waals surface area contributed by atoms with Gasteiger partial charge in [-0.25, -0.2) is 18.4 Å². The maximum atomic E-state index is 12.7.